The zero-order chi connectivity index (χ0) is 17.4. The van der Waals surface area contributed by atoms with Crippen molar-refractivity contribution >= 4 is 6.16 Å². The van der Waals surface area contributed by atoms with Crippen LogP contribution in [0.5, 0.6) is 0 Å². The first-order valence-electron chi connectivity index (χ1n) is 9.22. The highest BCUT2D eigenvalue weighted by atomic mass is 16.7. The maximum Gasteiger partial charge on any atom is 0.508 e. The Balaban J connectivity index is 1.86. The summed E-state index contributed by atoms with van der Waals surface area (Å²) in [6, 6.07) is 8.32. The van der Waals surface area contributed by atoms with Gasteiger partial charge in [-0.1, -0.05) is 44.5 Å². The monoisotopic (exact) mass is 334 g/mol. The van der Waals surface area contributed by atoms with Crippen LogP contribution >= 0.6 is 0 Å². The minimum absolute atomic E-state index is 0.154. The summed E-state index contributed by atoms with van der Waals surface area (Å²) in [5.74, 6) is 0. The number of unbranched alkanes of at least 4 members (excludes halogenated alkanes) is 1. The molecule has 1 aliphatic rings. The third-order valence-corrected chi connectivity index (χ3v) is 4.76. The average Bonchev–Trinajstić information content (AvgIpc) is 2.60. The Hall–Kier alpha value is -1.55. The molecule has 24 heavy (non-hydrogen) atoms. The first kappa shape index (κ1) is 18.8. The number of hydrogen-bond acceptors (Lipinski definition) is 4. The summed E-state index contributed by atoms with van der Waals surface area (Å²) < 4.78 is 10.3. The van der Waals surface area contributed by atoms with Gasteiger partial charge >= 0.3 is 6.16 Å². The second-order valence-electron chi connectivity index (χ2n) is 6.75. The van der Waals surface area contributed by atoms with Gasteiger partial charge in [-0.2, -0.15) is 0 Å². The minimum atomic E-state index is -0.809. The van der Waals surface area contributed by atoms with Gasteiger partial charge in [0.2, 0.25) is 0 Å². The minimum Gasteiger partial charge on any atom is -0.434 e. The topological polar surface area (TPSA) is 55.8 Å². The van der Waals surface area contributed by atoms with Crippen LogP contribution in [0, 0.1) is 0 Å². The number of carbonyl (C=O) groups excluding carboxylic acids is 1. The second kappa shape index (κ2) is 9.07. The Morgan fingerprint density at radius 2 is 1.83 bits per heavy atom. The van der Waals surface area contributed by atoms with E-state index in [2.05, 4.69) is 19.1 Å². The quantitative estimate of drug-likeness (QED) is 0.733. The van der Waals surface area contributed by atoms with Crippen molar-refractivity contribution in [2.24, 2.45) is 0 Å². The Labute approximate surface area is 145 Å². The molecular weight excluding hydrogens is 304 g/mol. The molecule has 0 heterocycles. The van der Waals surface area contributed by atoms with Crippen LogP contribution in [0.25, 0.3) is 0 Å². The highest BCUT2D eigenvalue weighted by Crippen LogP contribution is 2.38. The predicted molar refractivity (Wildman–Crippen MR) is 93.9 cm³/mol. The molecule has 1 aromatic carbocycles. The number of aryl methyl sites for hydroxylation is 1. The predicted octanol–water partition coefficient (Wildman–Crippen LogP) is 4.72. The molecule has 4 nitrogen and oxygen atoms in total. The molecule has 1 fully saturated rings. The van der Waals surface area contributed by atoms with Crippen molar-refractivity contribution in [1.29, 1.82) is 0 Å². The van der Waals surface area contributed by atoms with Crippen LogP contribution in [0.3, 0.4) is 0 Å². The highest BCUT2D eigenvalue weighted by Gasteiger charge is 2.36. The molecule has 0 radical (unpaired) electrons. The second-order valence-corrected chi connectivity index (χ2v) is 6.75. The lowest BCUT2D eigenvalue weighted by molar-refractivity contribution is -0.0536. The van der Waals surface area contributed by atoms with Crippen molar-refractivity contribution in [3.8, 4) is 0 Å². The van der Waals surface area contributed by atoms with E-state index in [0.717, 1.165) is 18.4 Å². The average molecular weight is 334 g/mol. The van der Waals surface area contributed by atoms with E-state index in [1.807, 2.05) is 19.1 Å². The lowest BCUT2D eigenvalue weighted by atomic mass is 9.78. The van der Waals surface area contributed by atoms with Crippen LogP contribution in [-0.2, 0) is 21.5 Å². The summed E-state index contributed by atoms with van der Waals surface area (Å²) in [7, 11) is 0. The molecule has 0 atom stereocenters. The molecule has 0 spiro atoms. The van der Waals surface area contributed by atoms with Crippen LogP contribution < -0.4 is 0 Å². The van der Waals surface area contributed by atoms with E-state index < -0.39 is 11.8 Å². The van der Waals surface area contributed by atoms with E-state index in [0.29, 0.717) is 32.3 Å². The Morgan fingerprint density at radius 3 is 2.42 bits per heavy atom. The number of aliphatic hydroxyl groups is 1. The molecule has 1 aliphatic carbocycles. The van der Waals surface area contributed by atoms with Gasteiger partial charge < -0.3 is 14.6 Å². The van der Waals surface area contributed by atoms with Crippen molar-refractivity contribution in [3.05, 3.63) is 35.4 Å². The first-order valence-corrected chi connectivity index (χ1v) is 9.22. The number of carbonyl (C=O) groups is 1. The Kier molecular flexibility index (Phi) is 7.10. The van der Waals surface area contributed by atoms with Crippen LogP contribution in [0.15, 0.2) is 24.3 Å². The van der Waals surface area contributed by atoms with Crippen LogP contribution in [0.1, 0.15) is 69.9 Å². The number of rotatable bonds is 7. The van der Waals surface area contributed by atoms with Crippen molar-refractivity contribution < 1.29 is 19.4 Å². The van der Waals surface area contributed by atoms with Crippen LogP contribution in [0.2, 0.25) is 0 Å². The van der Waals surface area contributed by atoms with Crippen molar-refractivity contribution in [3.63, 3.8) is 0 Å². The summed E-state index contributed by atoms with van der Waals surface area (Å²) in [6.07, 6.45) is 6.04. The van der Waals surface area contributed by atoms with Crippen LogP contribution in [0.4, 0.5) is 4.79 Å². The summed E-state index contributed by atoms with van der Waals surface area (Å²) in [5, 5.41) is 10.9. The van der Waals surface area contributed by atoms with Gasteiger partial charge in [0, 0.05) is 0 Å². The summed E-state index contributed by atoms with van der Waals surface area (Å²) in [6.45, 7) is 4.52. The molecule has 134 valence electrons. The zero-order valence-electron chi connectivity index (χ0n) is 14.9. The zero-order valence-corrected chi connectivity index (χ0v) is 14.9. The Morgan fingerprint density at radius 1 is 1.17 bits per heavy atom. The Bertz CT molecular complexity index is 501. The smallest absolute Gasteiger partial charge is 0.434 e. The maximum absolute atomic E-state index is 11.5. The van der Waals surface area contributed by atoms with Crippen molar-refractivity contribution in [1.82, 2.24) is 0 Å². The van der Waals surface area contributed by atoms with Crippen LogP contribution in [-0.4, -0.2) is 24.0 Å². The molecule has 0 aliphatic heterocycles. The highest BCUT2D eigenvalue weighted by molar-refractivity contribution is 5.60. The van der Waals surface area contributed by atoms with E-state index in [1.165, 1.54) is 18.4 Å². The van der Waals surface area contributed by atoms with Gasteiger partial charge in [0.05, 0.1) is 12.2 Å². The van der Waals surface area contributed by atoms with Crippen molar-refractivity contribution in [2.45, 2.75) is 76.9 Å². The fraction of sp³-hybridized carbons (Fsp3) is 0.650. The fourth-order valence-corrected chi connectivity index (χ4v) is 3.19. The normalized spacial score (nSPS) is 23.7. The van der Waals surface area contributed by atoms with E-state index in [9.17, 15) is 9.90 Å². The van der Waals surface area contributed by atoms with Gasteiger partial charge in [-0.25, -0.2) is 4.79 Å². The number of benzene rings is 1. The van der Waals surface area contributed by atoms with E-state index in [1.54, 1.807) is 0 Å². The van der Waals surface area contributed by atoms with Gasteiger partial charge in [-0.05, 0) is 56.1 Å². The molecule has 1 saturated carbocycles. The summed E-state index contributed by atoms with van der Waals surface area (Å²) in [5.41, 5.74) is 1.48. The molecule has 0 bridgehead atoms. The van der Waals surface area contributed by atoms with E-state index >= 15 is 0 Å². The third kappa shape index (κ3) is 5.23. The maximum atomic E-state index is 11.5. The largest absolute Gasteiger partial charge is 0.508 e. The fourth-order valence-electron chi connectivity index (χ4n) is 3.19. The van der Waals surface area contributed by atoms with E-state index in [-0.39, 0.29) is 6.10 Å². The molecule has 1 aromatic rings. The van der Waals surface area contributed by atoms with Gasteiger partial charge in [-0.3, -0.25) is 0 Å². The summed E-state index contributed by atoms with van der Waals surface area (Å²) in [4.78, 5) is 11.5. The molecule has 0 aromatic heterocycles. The molecular formula is C20H30O4. The van der Waals surface area contributed by atoms with Crippen molar-refractivity contribution in [2.75, 3.05) is 6.61 Å². The molecule has 2 rings (SSSR count). The van der Waals surface area contributed by atoms with Gasteiger partial charge in [-0.15, -0.1) is 0 Å². The van der Waals surface area contributed by atoms with E-state index in [4.69, 9.17) is 9.47 Å². The standard InChI is InChI=1S/C20H30O4/c1-3-5-6-16-7-9-17(10-8-16)20(22)13-11-18(12-14-20)24-19(21)23-15-4-2/h7-10,18,22H,3-6,11-15H2,1-2H3. The van der Waals surface area contributed by atoms with Gasteiger partial charge in [0.1, 0.15) is 6.10 Å². The van der Waals surface area contributed by atoms with Gasteiger partial charge in [0.15, 0.2) is 0 Å². The summed E-state index contributed by atoms with van der Waals surface area (Å²) >= 11 is 0. The lowest BCUT2D eigenvalue weighted by Gasteiger charge is -2.36. The molecule has 4 heteroatoms. The number of hydrogen-bond donors (Lipinski definition) is 1. The SMILES string of the molecule is CCCCc1ccc(C2(O)CCC(OC(=O)OCCC)CC2)cc1. The lowest BCUT2D eigenvalue weighted by Crippen LogP contribution is -2.35. The molecule has 0 unspecified atom stereocenters. The third-order valence-electron chi connectivity index (χ3n) is 4.76. The first-order chi connectivity index (χ1) is 11.6. The molecule has 1 N–H and O–H groups in total. The molecule has 0 amide bonds. The molecule has 0 saturated heterocycles. The number of ether oxygens (including phenoxy) is 2. The van der Waals surface area contributed by atoms with Gasteiger partial charge in [0.25, 0.3) is 0 Å².